The van der Waals surface area contributed by atoms with Crippen LogP contribution in [0.3, 0.4) is 0 Å². The van der Waals surface area contributed by atoms with E-state index in [1.807, 2.05) is 0 Å². The van der Waals surface area contributed by atoms with Crippen LogP contribution in [0.25, 0.3) is 0 Å². The second kappa shape index (κ2) is 4.42. The zero-order valence-corrected chi connectivity index (χ0v) is 8.16. The Kier molecular flexibility index (Phi) is 2.99. The summed E-state index contributed by atoms with van der Waals surface area (Å²) in [7, 11) is 0. The molecule has 1 N–H and O–H groups in total. The standard InChI is InChI=1S/C11H15NO2/c13-10(11-2-1-7-14-11)4-3-9-5-6-12-8-9/h1-2,7,9,12H,3-6,8H2. The van der Waals surface area contributed by atoms with Gasteiger partial charge in [-0.05, 0) is 44.0 Å². The fourth-order valence-corrected chi connectivity index (χ4v) is 1.86. The van der Waals surface area contributed by atoms with Gasteiger partial charge in [0, 0.05) is 6.42 Å². The minimum absolute atomic E-state index is 0.127. The van der Waals surface area contributed by atoms with Crippen LogP contribution in [0.5, 0.6) is 0 Å². The quantitative estimate of drug-likeness (QED) is 0.742. The Morgan fingerprint density at radius 1 is 1.64 bits per heavy atom. The van der Waals surface area contributed by atoms with Crippen LogP contribution in [0, 0.1) is 5.92 Å². The fourth-order valence-electron chi connectivity index (χ4n) is 1.86. The molecule has 1 unspecified atom stereocenters. The van der Waals surface area contributed by atoms with Crippen molar-refractivity contribution in [2.75, 3.05) is 13.1 Å². The highest BCUT2D eigenvalue weighted by molar-refractivity contribution is 5.93. The number of Topliss-reactive ketones (excluding diaryl/α,β-unsaturated/α-hetero) is 1. The van der Waals surface area contributed by atoms with Crippen molar-refractivity contribution in [1.82, 2.24) is 5.32 Å². The minimum Gasteiger partial charge on any atom is -0.461 e. The van der Waals surface area contributed by atoms with Gasteiger partial charge in [-0.25, -0.2) is 0 Å². The van der Waals surface area contributed by atoms with Crippen molar-refractivity contribution in [1.29, 1.82) is 0 Å². The molecule has 3 nitrogen and oxygen atoms in total. The largest absolute Gasteiger partial charge is 0.461 e. The topological polar surface area (TPSA) is 42.2 Å². The molecular formula is C11H15NO2. The van der Waals surface area contributed by atoms with Crippen molar-refractivity contribution in [3.05, 3.63) is 24.2 Å². The van der Waals surface area contributed by atoms with Gasteiger partial charge >= 0.3 is 0 Å². The van der Waals surface area contributed by atoms with Crippen LogP contribution in [0.15, 0.2) is 22.8 Å². The number of carbonyl (C=O) groups is 1. The highest BCUT2D eigenvalue weighted by atomic mass is 16.3. The number of rotatable bonds is 4. The third-order valence-electron chi connectivity index (χ3n) is 2.74. The molecule has 1 atom stereocenters. The van der Waals surface area contributed by atoms with Gasteiger partial charge in [0.05, 0.1) is 6.26 Å². The fraction of sp³-hybridized carbons (Fsp3) is 0.545. The predicted octanol–water partition coefficient (Wildman–Crippen LogP) is 1.85. The maximum absolute atomic E-state index is 11.5. The van der Waals surface area contributed by atoms with Gasteiger partial charge in [-0.3, -0.25) is 4.79 Å². The summed E-state index contributed by atoms with van der Waals surface area (Å²) in [5, 5.41) is 3.30. The summed E-state index contributed by atoms with van der Waals surface area (Å²) in [6.07, 6.45) is 4.34. The zero-order chi connectivity index (χ0) is 9.80. The molecule has 0 bridgehead atoms. The minimum atomic E-state index is 0.127. The van der Waals surface area contributed by atoms with Gasteiger partial charge in [0.2, 0.25) is 0 Å². The Morgan fingerprint density at radius 3 is 3.21 bits per heavy atom. The summed E-state index contributed by atoms with van der Waals surface area (Å²) in [6.45, 7) is 2.16. The van der Waals surface area contributed by atoms with E-state index < -0.39 is 0 Å². The molecular weight excluding hydrogens is 178 g/mol. The number of nitrogens with one attached hydrogen (secondary N) is 1. The van der Waals surface area contributed by atoms with E-state index in [1.54, 1.807) is 18.4 Å². The molecule has 2 heterocycles. The van der Waals surface area contributed by atoms with E-state index >= 15 is 0 Å². The van der Waals surface area contributed by atoms with Crippen molar-refractivity contribution >= 4 is 5.78 Å². The lowest BCUT2D eigenvalue weighted by Gasteiger charge is -2.05. The molecule has 0 radical (unpaired) electrons. The number of hydrogen-bond donors (Lipinski definition) is 1. The molecule has 1 aliphatic heterocycles. The molecule has 0 aliphatic carbocycles. The molecule has 2 rings (SSSR count). The lowest BCUT2D eigenvalue weighted by molar-refractivity contribution is 0.0947. The zero-order valence-electron chi connectivity index (χ0n) is 8.16. The van der Waals surface area contributed by atoms with Crippen LogP contribution >= 0.6 is 0 Å². The first-order valence-corrected chi connectivity index (χ1v) is 5.13. The maximum Gasteiger partial charge on any atom is 0.197 e. The Hall–Kier alpha value is -1.09. The second-order valence-corrected chi connectivity index (χ2v) is 3.80. The van der Waals surface area contributed by atoms with Crippen molar-refractivity contribution in [2.45, 2.75) is 19.3 Å². The monoisotopic (exact) mass is 193 g/mol. The summed E-state index contributed by atoms with van der Waals surface area (Å²) in [6, 6.07) is 3.49. The third kappa shape index (κ3) is 2.23. The van der Waals surface area contributed by atoms with Crippen LogP contribution in [0.2, 0.25) is 0 Å². The maximum atomic E-state index is 11.5. The summed E-state index contributed by atoms with van der Waals surface area (Å²) in [4.78, 5) is 11.5. The van der Waals surface area contributed by atoms with Gasteiger partial charge in [-0.15, -0.1) is 0 Å². The van der Waals surface area contributed by atoms with E-state index in [4.69, 9.17) is 4.42 Å². The van der Waals surface area contributed by atoms with Crippen molar-refractivity contribution in [3.63, 3.8) is 0 Å². The lowest BCUT2D eigenvalue weighted by Crippen LogP contribution is -2.10. The highest BCUT2D eigenvalue weighted by Crippen LogP contribution is 2.16. The molecule has 0 amide bonds. The van der Waals surface area contributed by atoms with Crippen LogP contribution in [0.4, 0.5) is 0 Å². The Balaban J connectivity index is 1.78. The summed E-state index contributed by atoms with van der Waals surface area (Å²) in [5.74, 6) is 1.30. The Bertz CT molecular complexity index is 286. The van der Waals surface area contributed by atoms with Crippen molar-refractivity contribution in [2.24, 2.45) is 5.92 Å². The molecule has 1 aromatic rings. The van der Waals surface area contributed by atoms with Gasteiger partial charge in [0.1, 0.15) is 0 Å². The van der Waals surface area contributed by atoms with Gasteiger partial charge < -0.3 is 9.73 Å². The van der Waals surface area contributed by atoms with Crippen molar-refractivity contribution in [3.8, 4) is 0 Å². The molecule has 14 heavy (non-hydrogen) atoms. The Labute approximate surface area is 83.5 Å². The van der Waals surface area contributed by atoms with Gasteiger partial charge in [-0.1, -0.05) is 0 Å². The molecule has 1 saturated heterocycles. The van der Waals surface area contributed by atoms with E-state index in [9.17, 15) is 4.79 Å². The highest BCUT2D eigenvalue weighted by Gasteiger charge is 2.17. The molecule has 76 valence electrons. The van der Waals surface area contributed by atoms with Crippen LogP contribution in [0.1, 0.15) is 29.8 Å². The van der Waals surface area contributed by atoms with Gasteiger partial charge in [-0.2, -0.15) is 0 Å². The average molecular weight is 193 g/mol. The SMILES string of the molecule is O=C(CCC1CCNC1)c1ccco1. The second-order valence-electron chi connectivity index (χ2n) is 3.80. The first kappa shape index (κ1) is 9.46. The normalized spacial score (nSPS) is 21.3. The first-order chi connectivity index (χ1) is 6.86. The summed E-state index contributed by atoms with van der Waals surface area (Å²) < 4.78 is 5.05. The number of carbonyl (C=O) groups excluding carboxylic acids is 1. The first-order valence-electron chi connectivity index (χ1n) is 5.13. The predicted molar refractivity (Wildman–Crippen MR) is 53.2 cm³/mol. The number of hydrogen-bond acceptors (Lipinski definition) is 3. The molecule has 0 spiro atoms. The van der Waals surface area contributed by atoms with Gasteiger partial charge in [0.25, 0.3) is 0 Å². The molecule has 0 aromatic carbocycles. The van der Waals surface area contributed by atoms with Crippen molar-refractivity contribution < 1.29 is 9.21 Å². The van der Waals surface area contributed by atoms with Gasteiger partial charge in [0.15, 0.2) is 11.5 Å². The molecule has 3 heteroatoms. The van der Waals surface area contributed by atoms with E-state index in [-0.39, 0.29) is 5.78 Å². The number of furan rings is 1. The third-order valence-corrected chi connectivity index (χ3v) is 2.74. The number of ketones is 1. The van der Waals surface area contributed by atoms with Crippen LogP contribution < -0.4 is 5.32 Å². The summed E-state index contributed by atoms with van der Waals surface area (Å²) in [5.41, 5.74) is 0. The van der Waals surface area contributed by atoms with E-state index in [0.717, 1.165) is 19.5 Å². The van der Waals surface area contributed by atoms with Crippen LogP contribution in [-0.2, 0) is 0 Å². The molecule has 1 aliphatic rings. The Morgan fingerprint density at radius 2 is 2.57 bits per heavy atom. The van der Waals surface area contributed by atoms with Crippen LogP contribution in [-0.4, -0.2) is 18.9 Å². The smallest absolute Gasteiger partial charge is 0.197 e. The van der Waals surface area contributed by atoms with E-state index in [0.29, 0.717) is 18.1 Å². The van der Waals surface area contributed by atoms with E-state index in [2.05, 4.69) is 5.32 Å². The molecule has 1 aromatic heterocycles. The van der Waals surface area contributed by atoms with E-state index in [1.165, 1.54) is 6.42 Å². The lowest BCUT2D eigenvalue weighted by atomic mass is 10.0. The summed E-state index contributed by atoms with van der Waals surface area (Å²) >= 11 is 0. The average Bonchev–Trinajstić information content (AvgIpc) is 2.87. The molecule has 0 saturated carbocycles. The molecule has 1 fully saturated rings.